The maximum atomic E-state index is 15.4. The number of rotatable bonds is 11. The molecule has 0 saturated carbocycles. The highest BCUT2D eigenvalue weighted by Crippen LogP contribution is 2.36. The van der Waals surface area contributed by atoms with Crippen LogP contribution in [0, 0.1) is 11.8 Å². The molecule has 1 aliphatic rings. The van der Waals surface area contributed by atoms with Crippen molar-refractivity contribution in [2.24, 2.45) is 11.8 Å². The van der Waals surface area contributed by atoms with Gasteiger partial charge in [0.15, 0.2) is 0 Å². The van der Waals surface area contributed by atoms with E-state index < -0.39 is 12.1 Å². The number of nitrogens with zero attached hydrogens (tertiary/aromatic N) is 3. The first-order chi connectivity index (χ1) is 16.5. The number of benzene rings is 1. The molecule has 0 spiro atoms. The van der Waals surface area contributed by atoms with Crippen molar-refractivity contribution in [3.63, 3.8) is 0 Å². The number of fused-ring (bicyclic) bond motifs is 1. The molecule has 182 valence electrons. The minimum absolute atomic E-state index is 0.0487. The fourth-order valence-electron chi connectivity index (χ4n) is 5.09. The van der Waals surface area contributed by atoms with Crippen LogP contribution in [0.1, 0.15) is 48.8 Å². The second-order valence-electron chi connectivity index (χ2n) is 9.06. The number of carboxylic acids is 1. The van der Waals surface area contributed by atoms with Gasteiger partial charge in [0.1, 0.15) is 11.9 Å². The SMILES string of the molecule is COc1ccc2nccc(C(F)CC[C@@H]3CCN(CCCc4nccs4)C[C@@H]3CC(=O)O)c2c1. The second kappa shape index (κ2) is 11.7. The van der Waals surface area contributed by atoms with Gasteiger partial charge in [0.05, 0.1) is 17.6 Å². The summed E-state index contributed by atoms with van der Waals surface area (Å²) in [5.74, 6) is 0.168. The standard InChI is InChI=1S/C26H32FN3O3S/c1-33-20-5-7-24-22(16-20)21(8-10-28-24)23(27)6-4-18-9-13-30(17-19(18)15-26(31)32)12-2-3-25-29-11-14-34-25/h5,7-8,10-11,14,16,18-19,23H,2-4,6,9,12-13,15,17H2,1H3,(H,31,32)/t18-,19+,23?/m1/s1. The zero-order chi connectivity index (χ0) is 23.9. The maximum absolute atomic E-state index is 15.4. The molecule has 1 aromatic carbocycles. The Morgan fingerprint density at radius 2 is 2.18 bits per heavy atom. The van der Waals surface area contributed by atoms with Crippen LogP contribution in [0.3, 0.4) is 0 Å². The molecule has 2 aromatic heterocycles. The van der Waals surface area contributed by atoms with Crippen LogP contribution in [0.4, 0.5) is 4.39 Å². The summed E-state index contributed by atoms with van der Waals surface area (Å²) in [6.07, 6.45) is 6.43. The van der Waals surface area contributed by atoms with Gasteiger partial charge in [0.2, 0.25) is 0 Å². The molecular weight excluding hydrogens is 453 g/mol. The molecule has 1 fully saturated rings. The lowest BCUT2D eigenvalue weighted by atomic mass is 9.79. The van der Waals surface area contributed by atoms with E-state index in [1.54, 1.807) is 30.7 Å². The molecule has 0 amide bonds. The fraction of sp³-hybridized carbons (Fsp3) is 0.500. The third-order valence-corrected chi connectivity index (χ3v) is 7.71. The van der Waals surface area contributed by atoms with Gasteiger partial charge in [-0.05, 0) is 80.4 Å². The van der Waals surface area contributed by atoms with Crippen LogP contribution in [-0.4, -0.2) is 52.7 Å². The number of alkyl halides is 1. The van der Waals surface area contributed by atoms with E-state index in [9.17, 15) is 9.90 Å². The van der Waals surface area contributed by atoms with Crippen molar-refractivity contribution in [1.29, 1.82) is 0 Å². The van der Waals surface area contributed by atoms with E-state index in [0.29, 0.717) is 24.2 Å². The van der Waals surface area contributed by atoms with Gasteiger partial charge >= 0.3 is 5.97 Å². The van der Waals surface area contributed by atoms with Gasteiger partial charge in [-0.25, -0.2) is 9.37 Å². The normalized spacial score (nSPS) is 19.8. The summed E-state index contributed by atoms with van der Waals surface area (Å²) in [6, 6.07) is 7.25. The Morgan fingerprint density at radius 1 is 1.29 bits per heavy atom. The third kappa shape index (κ3) is 6.30. The summed E-state index contributed by atoms with van der Waals surface area (Å²) < 4.78 is 20.7. The number of hydrogen-bond donors (Lipinski definition) is 1. The number of likely N-dealkylation sites (tertiary alicyclic amines) is 1. The van der Waals surface area contributed by atoms with E-state index in [4.69, 9.17) is 4.74 Å². The number of aromatic nitrogens is 2. The number of aliphatic carboxylic acids is 1. The van der Waals surface area contributed by atoms with E-state index in [1.807, 2.05) is 29.8 Å². The van der Waals surface area contributed by atoms with Gasteiger partial charge < -0.3 is 14.7 Å². The quantitative estimate of drug-likeness (QED) is 0.385. The van der Waals surface area contributed by atoms with Crippen molar-refractivity contribution < 1.29 is 19.0 Å². The molecule has 3 atom stereocenters. The van der Waals surface area contributed by atoms with Gasteiger partial charge in [0, 0.05) is 42.5 Å². The Hall–Kier alpha value is -2.58. The maximum Gasteiger partial charge on any atom is 0.303 e. The average molecular weight is 486 g/mol. The minimum Gasteiger partial charge on any atom is -0.497 e. The summed E-state index contributed by atoms with van der Waals surface area (Å²) in [5, 5.41) is 13.4. The summed E-state index contributed by atoms with van der Waals surface area (Å²) in [4.78, 5) is 22.6. The predicted octanol–water partition coefficient (Wildman–Crippen LogP) is 5.54. The number of ether oxygens (including phenoxy) is 1. The number of carbonyl (C=O) groups is 1. The fourth-order valence-corrected chi connectivity index (χ4v) is 5.75. The topological polar surface area (TPSA) is 75.5 Å². The van der Waals surface area contributed by atoms with Gasteiger partial charge in [-0.15, -0.1) is 11.3 Å². The highest BCUT2D eigenvalue weighted by atomic mass is 32.1. The van der Waals surface area contributed by atoms with E-state index in [2.05, 4.69) is 14.9 Å². The highest BCUT2D eigenvalue weighted by Gasteiger charge is 2.31. The van der Waals surface area contributed by atoms with Crippen LogP contribution in [0.2, 0.25) is 0 Å². The van der Waals surface area contributed by atoms with Crippen molar-refractivity contribution in [2.75, 3.05) is 26.7 Å². The number of methoxy groups -OCH3 is 1. The minimum atomic E-state index is -1.13. The van der Waals surface area contributed by atoms with Crippen LogP contribution in [0.25, 0.3) is 10.9 Å². The zero-order valence-corrected chi connectivity index (χ0v) is 20.3. The average Bonchev–Trinajstić information content (AvgIpc) is 3.36. The van der Waals surface area contributed by atoms with E-state index >= 15 is 4.39 Å². The van der Waals surface area contributed by atoms with E-state index in [0.717, 1.165) is 54.8 Å². The molecule has 0 bridgehead atoms. The number of hydrogen-bond acceptors (Lipinski definition) is 6. The summed E-state index contributed by atoms with van der Waals surface area (Å²) in [7, 11) is 1.60. The molecule has 1 unspecified atom stereocenters. The monoisotopic (exact) mass is 485 g/mol. The first-order valence-corrected chi connectivity index (χ1v) is 12.8. The highest BCUT2D eigenvalue weighted by molar-refractivity contribution is 7.09. The summed E-state index contributed by atoms with van der Waals surface area (Å²) in [6.45, 7) is 2.64. The molecule has 3 heterocycles. The molecule has 6 nitrogen and oxygen atoms in total. The zero-order valence-electron chi connectivity index (χ0n) is 19.5. The lowest BCUT2D eigenvalue weighted by Crippen LogP contribution is -2.42. The van der Waals surface area contributed by atoms with E-state index in [1.165, 1.54) is 0 Å². The van der Waals surface area contributed by atoms with Crippen LogP contribution >= 0.6 is 11.3 Å². The van der Waals surface area contributed by atoms with Gasteiger partial charge in [-0.3, -0.25) is 9.78 Å². The van der Waals surface area contributed by atoms with Gasteiger partial charge in [-0.1, -0.05) is 0 Å². The molecule has 3 aromatic rings. The molecule has 0 radical (unpaired) electrons. The molecule has 34 heavy (non-hydrogen) atoms. The molecular formula is C26H32FN3O3S. The Morgan fingerprint density at radius 3 is 2.94 bits per heavy atom. The number of carboxylic acid groups (broad SMARTS) is 1. The molecule has 0 aliphatic carbocycles. The second-order valence-corrected chi connectivity index (χ2v) is 10.0. The van der Waals surface area contributed by atoms with Crippen LogP contribution in [0.15, 0.2) is 42.0 Å². The van der Waals surface area contributed by atoms with Crippen LogP contribution in [-0.2, 0) is 11.2 Å². The van der Waals surface area contributed by atoms with Crippen LogP contribution in [0.5, 0.6) is 5.75 Å². The van der Waals surface area contributed by atoms with Crippen molar-refractivity contribution >= 4 is 28.2 Å². The Kier molecular flexibility index (Phi) is 8.45. The molecule has 1 N–H and O–H groups in total. The first-order valence-electron chi connectivity index (χ1n) is 11.9. The lowest BCUT2D eigenvalue weighted by molar-refractivity contribution is -0.139. The lowest BCUT2D eigenvalue weighted by Gasteiger charge is -2.38. The number of thiazole rings is 1. The van der Waals surface area contributed by atoms with Crippen molar-refractivity contribution in [2.45, 2.75) is 44.7 Å². The molecule has 8 heteroatoms. The van der Waals surface area contributed by atoms with Crippen molar-refractivity contribution in [3.8, 4) is 5.75 Å². The largest absolute Gasteiger partial charge is 0.497 e. The third-order valence-electron chi connectivity index (χ3n) is 6.87. The number of aryl methyl sites for hydroxylation is 1. The molecule has 1 saturated heterocycles. The molecule has 4 rings (SSSR count). The molecule has 1 aliphatic heterocycles. The Balaban J connectivity index is 1.35. The Labute approximate surface area is 203 Å². The van der Waals surface area contributed by atoms with Gasteiger partial charge in [0.25, 0.3) is 0 Å². The van der Waals surface area contributed by atoms with Gasteiger partial charge in [-0.2, -0.15) is 0 Å². The predicted molar refractivity (Wildman–Crippen MR) is 132 cm³/mol. The number of piperidine rings is 1. The smallest absolute Gasteiger partial charge is 0.303 e. The number of pyridine rings is 1. The first kappa shape index (κ1) is 24.5. The summed E-state index contributed by atoms with van der Waals surface area (Å²) >= 11 is 1.68. The van der Waals surface area contributed by atoms with E-state index in [-0.39, 0.29) is 18.3 Å². The van der Waals surface area contributed by atoms with Crippen molar-refractivity contribution in [1.82, 2.24) is 14.9 Å². The van der Waals surface area contributed by atoms with Crippen molar-refractivity contribution in [3.05, 3.63) is 52.6 Å². The van der Waals surface area contributed by atoms with Crippen LogP contribution < -0.4 is 4.74 Å². The summed E-state index contributed by atoms with van der Waals surface area (Å²) in [5.41, 5.74) is 1.37. The number of halogens is 1. The Bertz CT molecular complexity index is 1080.